The molecule has 4 N–H and O–H groups in total. The fourth-order valence-electron chi connectivity index (χ4n) is 1.62. The van der Waals surface area contributed by atoms with Crippen molar-refractivity contribution >= 4 is 77.6 Å². The van der Waals surface area contributed by atoms with Gasteiger partial charge >= 0.3 is 103 Å². The third-order valence-electron chi connectivity index (χ3n) is 3.71. The van der Waals surface area contributed by atoms with E-state index in [0.29, 0.717) is 20.8 Å². The number of ketones is 1. The van der Waals surface area contributed by atoms with Crippen LogP contribution in [0, 0.1) is 0 Å². The van der Waals surface area contributed by atoms with E-state index in [9.17, 15) is 9.59 Å². The maximum Gasteiger partial charge on any atom is 1.00 e. The Bertz CT molecular complexity index is 1020. The summed E-state index contributed by atoms with van der Waals surface area (Å²) < 4.78 is 6.45. The Kier molecular flexibility index (Phi) is 23.0. The van der Waals surface area contributed by atoms with Crippen LogP contribution >= 0.6 is 47.8 Å². The van der Waals surface area contributed by atoms with Crippen molar-refractivity contribution in [2.75, 3.05) is 11.1 Å². The zero-order chi connectivity index (χ0) is 26.7. The largest absolute Gasteiger partial charge is 1.00 e. The third kappa shape index (κ3) is 16.8. The summed E-state index contributed by atoms with van der Waals surface area (Å²) in [5.41, 5.74) is 4.40. The van der Waals surface area contributed by atoms with Gasteiger partial charge in [-0.25, -0.2) is 9.97 Å². The Morgan fingerprint density at radius 3 is 2.06 bits per heavy atom. The Hall–Kier alpha value is 0.983. The number of hydrogen-bond acceptors (Lipinski definition) is 10. The number of hydrogen-bond donors (Lipinski definition) is 3. The van der Waals surface area contributed by atoms with Gasteiger partial charge in [0, 0.05) is 0 Å². The topological polar surface area (TPSA) is 177 Å². The van der Waals surface area contributed by atoms with Crippen LogP contribution in [0.4, 0.5) is 11.6 Å². The number of nitrogens with two attached hydrogens (primary N) is 1. The van der Waals surface area contributed by atoms with Gasteiger partial charge < -0.3 is 32.5 Å². The number of pyridine rings is 2. The molecule has 0 bridgehead atoms. The predicted octanol–water partition coefficient (Wildman–Crippen LogP) is -2.61. The number of alkyl halides is 1. The maximum absolute atomic E-state index is 11.5. The first-order chi connectivity index (χ1) is 15.5. The number of nitrogens with zero attached hydrogens (tertiary/aromatic N) is 2. The summed E-state index contributed by atoms with van der Waals surface area (Å²) in [6.45, 7) is 8.47. The number of ether oxygens (including phenoxy) is 1. The molecule has 0 saturated heterocycles. The molecule has 0 radical (unpaired) electrons. The minimum absolute atomic E-state index is 0. The number of aromatic hydroxyl groups is 1. The van der Waals surface area contributed by atoms with E-state index in [1.54, 1.807) is 39.0 Å². The van der Waals surface area contributed by atoms with Crippen molar-refractivity contribution in [1.82, 2.24) is 9.97 Å². The molecule has 3 rings (SSSR count). The van der Waals surface area contributed by atoms with Crippen molar-refractivity contribution in [2.24, 2.45) is 0 Å². The van der Waals surface area contributed by atoms with Crippen LogP contribution in [0.3, 0.4) is 0 Å². The van der Waals surface area contributed by atoms with Crippen LogP contribution in [0.1, 0.15) is 36.0 Å². The molecule has 36 heavy (non-hydrogen) atoms. The fraction of sp³-hybridized carbons (Fsp3) is 0.350. The number of fused-ring (bicyclic) bond motifs is 1. The first-order valence-electron chi connectivity index (χ1n) is 9.25. The number of nitrogens with one attached hydrogen (secondary N) is 1. The first-order valence-corrected chi connectivity index (χ1v) is 11.6. The molecule has 0 unspecified atom stereocenters. The molecular formula is C20H25Br3K2N4O7. The molecule has 16 heteroatoms. The summed E-state index contributed by atoms with van der Waals surface area (Å²) in [4.78, 5) is 41.0. The third-order valence-corrected chi connectivity index (χ3v) is 5.15. The minimum atomic E-state index is -0.831. The zero-order valence-corrected chi connectivity index (χ0v) is 31.9. The number of Topliss-reactive ketones (excluding diaryl/α,β-unsaturated/α-hetero) is 1. The van der Waals surface area contributed by atoms with Gasteiger partial charge in [-0.2, -0.15) is 0 Å². The van der Waals surface area contributed by atoms with E-state index in [4.69, 9.17) is 25.6 Å². The van der Waals surface area contributed by atoms with Crippen molar-refractivity contribution in [2.45, 2.75) is 44.5 Å². The monoisotopic (exact) mass is 748 g/mol. The number of aromatic nitrogens is 2. The van der Waals surface area contributed by atoms with Crippen LogP contribution < -0.4 is 124 Å². The molecule has 0 aliphatic carbocycles. The molecule has 0 aromatic carbocycles. The van der Waals surface area contributed by atoms with Gasteiger partial charge in [0.1, 0.15) is 15.0 Å². The molecule has 190 valence electrons. The molecular weight excluding hydrogens is 726 g/mol. The number of anilines is 2. The number of halogens is 3. The molecule has 2 aromatic rings. The number of carbonyl (C=O) groups is 3. The van der Waals surface area contributed by atoms with Crippen molar-refractivity contribution in [3.05, 3.63) is 33.5 Å². The molecule has 2 aromatic heterocycles. The van der Waals surface area contributed by atoms with Crippen LogP contribution in [-0.4, -0.2) is 43.2 Å². The number of amides is 1. The Balaban J connectivity index is -0.000000209. The van der Waals surface area contributed by atoms with E-state index in [1.165, 1.54) is 6.07 Å². The van der Waals surface area contributed by atoms with E-state index in [0.717, 1.165) is 0 Å². The van der Waals surface area contributed by atoms with Gasteiger partial charge in [-0.3, -0.25) is 14.4 Å². The van der Waals surface area contributed by atoms with Crippen molar-refractivity contribution in [1.29, 1.82) is 0 Å². The van der Waals surface area contributed by atoms with Gasteiger partial charge in [0.25, 0.3) is 12.4 Å². The van der Waals surface area contributed by atoms with E-state index in [2.05, 4.69) is 68.0 Å². The van der Waals surface area contributed by atoms with Gasteiger partial charge in [-0.05, 0) is 90.7 Å². The van der Waals surface area contributed by atoms with Crippen LogP contribution in [-0.2, 0) is 19.3 Å². The predicted molar refractivity (Wildman–Crippen MR) is 135 cm³/mol. The van der Waals surface area contributed by atoms with E-state index in [1.807, 2.05) is 13.8 Å². The summed E-state index contributed by atoms with van der Waals surface area (Å²) in [6.07, 6.45) is 0. The quantitative estimate of drug-likeness (QED) is 0.0737. The average Bonchev–Trinajstić information content (AvgIpc) is 2.72. The molecule has 1 aliphatic rings. The smallest absolute Gasteiger partial charge is 1.00 e. The van der Waals surface area contributed by atoms with Gasteiger partial charge in [-0.1, -0.05) is 15.9 Å². The van der Waals surface area contributed by atoms with Crippen LogP contribution in [0.5, 0.6) is 11.5 Å². The van der Waals surface area contributed by atoms with Crippen LogP contribution in [0.2, 0.25) is 0 Å². The van der Waals surface area contributed by atoms with Crippen molar-refractivity contribution in [3.63, 3.8) is 0 Å². The summed E-state index contributed by atoms with van der Waals surface area (Å²) >= 11 is 9.51. The molecule has 3 heterocycles. The second kappa shape index (κ2) is 19.9. The molecule has 0 spiro atoms. The van der Waals surface area contributed by atoms with Crippen LogP contribution in [0.15, 0.2) is 33.5 Å². The second-order valence-corrected chi connectivity index (χ2v) is 10.9. The Labute approximate surface area is 321 Å². The van der Waals surface area contributed by atoms with Crippen LogP contribution in [0.25, 0.3) is 0 Å². The zero-order valence-electron chi connectivity index (χ0n) is 21.9. The summed E-state index contributed by atoms with van der Waals surface area (Å²) in [5, 5.41) is 20.0. The van der Waals surface area contributed by atoms with Gasteiger partial charge in [0.05, 0.1) is 4.32 Å². The second-order valence-electron chi connectivity index (χ2n) is 7.31. The Morgan fingerprint density at radius 2 is 1.67 bits per heavy atom. The Morgan fingerprint density at radius 1 is 1.22 bits per heavy atom. The molecule has 0 saturated carbocycles. The molecule has 11 nitrogen and oxygen atoms in total. The maximum atomic E-state index is 11.5. The number of rotatable bonds is 2. The van der Waals surface area contributed by atoms with E-state index in [-0.39, 0.29) is 138 Å². The summed E-state index contributed by atoms with van der Waals surface area (Å²) in [5.74, 6) is 1.19. The molecule has 1 aliphatic heterocycles. The minimum Gasteiger partial charge on any atom is -1.00 e. The van der Waals surface area contributed by atoms with Crippen molar-refractivity contribution in [3.8, 4) is 11.5 Å². The summed E-state index contributed by atoms with van der Waals surface area (Å²) in [7, 11) is 0. The summed E-state index contributed by atoms with van der Waals surface area (Å²) in [6, 6.07) is 6.64. The van der Waals surface area contributed by atoms with Gasteiger partial charge in [0.2, 0.25) is 0 Å². The normalized spacial score (nSPS) is 12.2. The molecule has 1 amide bonds. The average molecular weight is 751 g/mol. The number of nitrogen functional groups attached to an aromatic ring is 1. The van der Waals surface area contributed by atoms with E-state index < -0.39 is 5.60 Å². The van der Waals surface area contributed by atoms with Gasteiger partial charge in [0.15, 0.2) is 28.7 Å². The van der Waals surface area contributed by atoms with Gasteiger partial charge in [-0.15, -0.1) is 0 Å². The van der Waals surface area contributed by atoms with Crippen molar-refractivity contribution < 1.29 is 139 Å². The van der Waals surface area contributed by atoms with E-state index >= 15 is 0 Å². The molecule has 0 fully saturated rings. The fourth-order valence-corrected chi connectivity index (χ4v) is 2.25. The first kappa shape index (κ1) is 41.5. The number of carbonyl (C=O) groups excluding carboxylic acids is 3. The standard InChI is InChI=1S/C9H9BrN2O2.C5H5BrN2O.C5H9BrO.CH2O3.2K.H/c1-9(2)8(13)12-7-5(14-9)3-4-6(10)11-7;6-4-2-1-3(9)5(7)8-4;1-4(7)5(2,3)6;2-1-4-3;;;/h3-4H,1-2H3,(H,11,12,13);1-2,9H,(H2,7,8);1-3H3;1,3H;;;/q;;;;2*+1;-1/p-1. The molecule has 0 atom stereocenters. The SMILES string of the molecule is CC(=O)C(C)(C)Br.CC1(C)Oc2ccc(Br)nc2NC1=O.Nc1nc(Br)ccc1O.O=CO[O-].[H-].[K+].[K+].